The van der Waals surface area contributed by atoms with Crippen molar-refractivity contribution in [2.75, 3.05) is 39.5 Å². The molecule has 2 rings (SSSR count). The van der Waals surface area contributed by atoms with Crippen LogP contribution in [0.15, 0.2) is 16.7 Å². The lowest BCUT2D eigenvalue weighted by molar-refractivity contribution is 0.0357. The molecule has 110 valence electrons. The largest absolute Gasteiger partial charge is 0.491 e. The van der Waals surface area contributed by atoms with Crippen LogP contribution in [0.2, 0.25) is 0 Å². The number of ether oxygens (including phenoxy) is 2. The number of carboxylic acids is 1. The lowest BCUT2D eigenvalue weighted by Gasteiger charge is -2.26. The Bertz CT molecular complexity index is 464. The minimum absolute atomic E-state index is 0.0641. The van der Waals surface area contributed by atoms with Gasteiger partial charge in [0, 0.05) is 19.6 Å². The number of aromatic carboxylic acids is 1. The smallest absolute Gasteiger partial charge is 0.358 e. The molecule has 7 heteroatoms. The Hall–Kier alpha value is -1.18. The topological polar surface area (TPSA) is 71.9 Å². The minimum atomic E-state index is -1.09. The Morgan fingerprint density at radius 3 is 2.90 bits per heavy atom. The van der Waals surface area contributed by atoms with Crippen LogP contribution >= 0.6 is 15.9 Å². The maximum Gasteiger partial charge on any atom is 0.358 e. The number of hydrogen-bond donors (Lipinski definition) is 1. The first-order valence-corrected chi connectivity index (χ1v) is 7.29. The number of nitrogens with zero attached hydrogens (tertiary/aromatic N) is 2. The highest BCUT2D eigenvalue weighted by molar-refractivity contribution is 9.10. The van der Waals surface area contributed by atoms with Gasteiger partial charge in [0.25, 0.3) is 0 Å². The van der Waals surface area contributed by atoms with E-state index < -0.39 is 5.97 Å². The van der Waals surface area contributed by atoms with Gasteiger partial charge in [0.1, 0.15) is 4.60 Å². The second-order valence-electron chi connectivity index (χ2n) is 4.44. The summed E-state index contributed by atoms with van der Waals surface area (Å²) in [6, 6.07) is 3.29. The molecular weight excluding hydrogens is 328 g/mol. The third kappa shape index (κ3) is 4.43. The maximum absolute atomic E-state index is 11.1. The second kappa shape index (κ2) is 7.56. The summed E-state index contributed by atoms with van der Waals surface area (Å²) in [4.78, 5) is 17.3. The normalized spacial score (nSPS) is 16.1. The van der Waals surface area contributed by atoms with Gasteiger partial charge in [0.15, 0.2) is 11.4 Å². The molecule has 1 aliphatic heterocycles. The lowest BCUT2D eigenvalue weighted by Crippen LogP contribution is -2.37. The summed E-state index contributed by atoms with van der Waals surface area (Å²) in [6.45, 7) is 4.85. The van der Waals surface area contributed by atoms with Gasteiger partial charge in [-0.15, -0.1) is 0 Å². The van der Waals surface area contributed by atoms with E-state index in [9.17, 15) is 4.79 Å². The van der Waals surface area contributed by atoms with Crippen LogP contribution in [0.1, 0.15) is 16.9 Å². The van der Waals surface area contributed by atoms with Gasteiger partial charge in [-0.25, -0.2) is 9.78 Å². The quantitative estimate of drug-likeness (QED) is 0.624. The van der Waals surface area contributed by atoms with Gasteiger partial charge in [-0.2, -0.15) is 0 Å². The number of carboxylic acid groups (broad SMARTS) is 1. The van der Waals surface area contributed by atoms with E-state index in [0.717, 1.165) is 39.3 Å². The van der Waals surface area contributed by atoms with E-state index in [2.05, 4.69) is 25.8 Å². The fourth-order valence-electron chi connectivity index (χ4n) is 1.99. The summed E-state index contributed by atoms with van der Waals surface area (Å²) in [7, 11) is 0. The van der Waals surface area contributed by atoms with Crippen molar-refractivity contribution >= 4 is 21.9 Å². The fraction of sp³-hybridized carbons (Fsp3) is 0.538. The average molecular weight is 345 g/mol. The molecule has 1 saturated heterocycles. The molecule has 0 saturated carbocycles. The van der Waals surface area contributed by atoms with E-state index in [1.54, 1.807) is 12.1 Å². The molecule has 6 nitrogen and oxygen atoms in total. The molecule has 1 aromatic rings. The molecule has 0 radical (unpaired) electrons. The number of hydrogen-bond acceptors (Lipinski definition) is 5. The van der Waals surface area contributed by atoms with Crippen LogP contribution in [0.5, 0.6) is 5.75 Å². The summed E-state index contributed by atoms with van der Waals surface area (Å²) in [5.41, 5.74) is -0.0641. The number of carbonyl (C=O) groups is 1. The van der Waals surface area contributed by atoms with Gasteiger partial charge in [-0.1, -0.05) is 0 Å². The van der Waals surface area contributed by atoms with Crippen LogP contribution in [0.25, 0.3) is 0 Å². The highest BCUT2D eigenvalue weighted by atomic mass is 79.9. The molecule has 0 aliphatic carbocycles. The molecule has 1 aromatic heterocycles. The second-order valence-corrected chi connectivity index (χ2v) is 5.25. The number of halogens is 1. The SMILES string of the molecule is O=C(O)c1nc(Br)ccc1OCCCN1CCOCC1. The molecule has 0 spiro atoms. The van der Waals surface area contributed by atoms with Crippen molar-refractivity contribution in [3.05, 3.63) is 22.4 Å². The summed E-state index contributed by atoms with van der Waals surface area (Å²) in [6.07, 6.45) is 0.842. The number of rotatable bonds is 6. The van der Waals surface area contributed by atoms with E-state index in [-0.39, 0.29) is 5.69 Å². The molecule has 0 aromatic carbocycles. The van der Waals surface area contributed by atoms with Crippen molar-refractivity contribution in [2.45, 2.75) is 6.42 Å². The monoisotopic (exact) mass is 344 g/mol. The average Bonchev–Trinajstić information content (AvgIpc) is 2.45. The van der Waals surface area contributed by atoms with Gasteiger partial charge in [-0.05, 0) is 34.5 Å². The van der Waals surface area contributed by atoms with Crippen LogP contribution in [0.4, 0.5) is 0 Å². The van der Waals surface area contributed by atoms with E-state index in [4.69, 9.17) is 14.6 Å². The molecule has 1 aliphatic rings. The van der Waals surface area contributed by atoms with E-state index in [0.29, 0.717) is 17.0 Å². The molecule has 1 fully saturated rings. The van der Waals surface area contributed by atoms with Crippen LogP contribution < -0.4 is 4.74 Å². The Morgan fingerprint density at radius 1 is 1.45 bits per heavy atom. The van der Waals surface area contributed by atoms with Crippen molar-refractivity contribution in [1.29, 1.82) is 0 Å². The Balaban J connectivity index is 1.80. The summed E-state index contributed by atoms with van der Waals surface area (Å²) in [5, 5.41) is 9.07. The van der Waals surface area contributed by atoms with Crippen molar-refractivity contribution < 1.29 is 19.4 Å². The van der Waals surface area contributed by atoms with Crippen molar-refractivity contribution in [1.82, 2.24) is 9.88 Å². The van der Waals surface area contributed by atoms with Crippen molar-refractivity contribution in [3.63, 3.8) is 0 Å². The van der Waals surface area contributed by atoms with Gasteiger partial charge in [-0.3, -0.25) is 4.90 Å². The zero-order valence-electron chi connectivity index (χ0n) is 11.0. The maximum atomic E-state index is 11.1. The van der Waals surface area contributed by atoms with Crippen LogP contribution in [0, 0.1) is 0 Å². The predicted octanol–water partition coefficient (Wildman–Crippen LogP) is 1.64. The first-order chi connectivity index (χ1) is 9.66. The standard InChI is InChI=1S/C13H17BrN2O4/c14-11-3-2-10(12(15-11)13(17)18)20-7-1-4-16-5-8-19-9-6-16/h2-3H,1,4-9H2,(H,17,18). The molecule has 0 atom stereocenters. The fourth-order valence-corrected chi connectivity index (χ4v) is 2.30. The molecule has 1 N–H and O–H groups in total. The van der Waals surface area contributed by atoms with Crippen LogP contribution in [-0.4, -0.2) is 60.4 Å². The van der Waals surface area contributed by atoms with Gasteiger partial charge < -0.3 is 14.6 Å². The zero-order chi connectivity index (χ0) is 14.4. The Labute approximate surface area is 125 Å². The third-order valence-corrected chi connectivity index (χ3v) is 3.45. The van der Waals surface area contributed by atoms with Crippen LogP contribution in [0.3, 0.4) is 0 Å². The van der Waals surface area contributed by atoms with E-state index in [1.165, 1.54) is 0 Å². The predicted molar refractivity (Wildman–Crippen MR) is 76.3 cm³/mol. The van der Waals surface area contributed by atoms with Gasteiger partial charge in [0.05, 0.1) is 19.8 Å². The zero-order valence-corrected chi connectivity index (χ0v) is 12.6. The Kier molecular flexibility index (Phi) is 5.75. The summed E-state index contributed by atoms with van der Waals surface area (Å²) < 4.78 is 11.3. The molecule has 0 bridgehead atoms. The van der Waals surface area contributed by atoms with Gasteiger partial charge in [0.2, 0.25) is 0 Å². The lowest BCUT2D eigenvalue weighted by atomic mass is 10.3. The highest BCUT2D eigenvalue weighted by Crippen LogP contribution is 2.19. The first-order valence-electron chi connectivity index (χ1n) is 6.49. The third-order valence-electron chi connectivity index (χ3n) is 3.01. The van der Waals surface area contributed by atoms with Crippen molar-refractivity contribution in [2.24, 2.45) is 0 Å². The number of aromatic nitrogens is 1. The molecular formula is C13H17BrN2O4. The van der Waals surface area contributed by atoms with Crippen molar-refractivity contribution in [3.8, 4) is 5.75 Å². The number of pyridine rings is 1. The number of morpholine rings is 1. The van der Waals surface area contributed by atoms with Gasteiger partial charge >= 0.3 is 5.97 Å². The highest BCUT2D eigenvalue weighted by Gasteiger charge is 2.14. The molecule has 2 heterocycles. The molecule has 0 unspecified atom stereocenters. The first kappa shape index (κ1) is 15.2. The molecule has 20 heavy (non-hydrogen) atoms. The summed E-state index contributed by atoms with van der Waals surface area (Å²) in [5.74, 6) is -0.780. The minimum Gasteiger partial charge on any atom is -0.491 e. The Morgan fingerprint density at radius 2 is 2.20 bits per heavy atom. The summed E-state index contributed by atoms with van der Waals surface area (Å²) >= 11 is 3.15. The van der Waals surface area contributed by atoms with Crippen LogP contribution in [-0.2, 0) is 4.74 Å². The molecule has 0 amide bonds. The van der Waals surface area contributed by atoms with E-state index >= 15 is 0 Å². The van der Waals surface area contributed by atoms with E-state index in [1.807, 2.05) is 0 Å².